The molecule has 13 nitrogen and oxygen atoms in total. The van der Waals surface area contributed by atoms with Crippen molar-refractivity contribution < 1.29 is 32.1 Å². The van der Waals surface area contributed by atoms with Gasteiger partial charge in [-0.1, -0.05) is 25.4 Å². The van der Waals surface area contributed by atoms with Gasteiger partial charge in [0.15, 0.2) is 5.69 Å². The van der Waals surface area contributed by atoms with Gasteiger partial charge in [-0.25, -0.2) is 19.7 Å². The monoisotopic (exact) mass is 620 g/mol. The predicted molar refractivity (Wildman–Crippen MR) is 151 cm³/mol. The molecule has 0 spiro atoms. The third-order valence-electron chi connectivity index (χ3n) is 9.12. The number of ether oxygens (including phenoxy) is 1. The summed E-state index contributed by atoms with van der Waals surface area (Å²) in [6.45, 7) is 6.53. The van der Waals surface area contributed by atoms with E-state index in [4.69, 9.17) is 20.9 Å². The van der Waals surface area contributed by atoms with Crippen LogP contribution in [0.2, 0.25) is 5.02 Å². The summed E-state index contributed by atoms with van der Waals surface area (Å²) in [6.07, 6.45) is 4.75. The van der Waals surface area contributed by atoms with Gasteiger partial charge < -0.3 is 14.5 Å². The van der Waals surface area contributed by atoms with Gasteiger partial charge in [-0.05, 0) is 43.4 Å². The van der Waals surface area contributed by atoms with Gasteiger partial charge in [0.2, 0.25) is 6.23 Å². The van der Waals surface area contributed by atoms with E-state index in [9.17, 15) is 22.8 Å². The van der Waals surface area contributed by atoms with Gasteiger partial charge in [0.1, 0.15) is 17.3 Å². The largest absolute Gasteiger partial charge is 0.419 e. The molecule has 3 fully saturated rings. The van der Waals surface area contributed by atoms with Crippen LogP contribution in [0.1, 0.15) is 55.5 Å². The lowest BCUT2D eigenvalue weighted by atomic mass is 9.70. The molecule has 1 N–H and O–H groups in total. The number of piperazine rings is 1. The molecule has 3 unspecified atom stereocenters. The minimum Gasteiger partial charge on any atom is -0.419 e. The second kappa shape index (κ2) is 11.1. The highest BCUT2D eigenvalue weighted by molar-refractivity contribution is 7.85. The molecule has 4 aliphatic rings. The lowest BCUT2D eigenvalue weighted by Gasteiger charge is -2.35. The van der Waals surface area contributed by atoms with E-state index in [2.05, 4.69) is 19.9 Å². The van der Waals surface area contributed by atoms with Gasteiger partial charge in [-0.15, -0.1) is 0 Å². The van der Waals surface area contributed by atoms with Gasteiger partial charge in [-0.2, -0.15) is 8.42 Å². The molecule has 2 aromatic rings. The Hall–Kier alpha value is -3.20. The predicted octanol–water partition coefficient (Wildman–Crippen LogP) is 2.84. The molecule has 2 aliphatic heterocycles. The van der Waals surface area contributed by atoms with Crippen LogP contribution in [0.25, 0.3) is 0 Å². The highest BCUT2D eigenvalue weighted by Gasteiger charge is 2.65. The van der Waals surface area contributed by atoms with Crippen molar-refractivity contribution in [2.24, 2.45) is 16.7 Å². The number of amides is 2. The first-order valence-electron chi connectivity index (χ1n) is 13.6. The van der Waals surface area contributed by atoms with Gasteiger partial charge >= 0.3 is 6.09 Å². The molecule has 4 heterocycles. The van der Waals surface area contributed by atoms with Crippen LogP contribution < -0.4 is 4.90 Å². The Morgan fingerprint density at radius 1 is 1.12 bits per heavy atom. The number of fused-ring (bicyclic) bond motifs is 3. The van der Waals surface area contributed by atoms with Crippen molar-refractivity contribution in [3.8, 4) is 0 Å². The summed E-state index contributed by atoms with van der Waals surface area (Å²) in [6, 6.07) is 3.20. The molecule has 3 atom stereocenters. The molecule has 42 heavy (non-hydrogen) atoms. The zero-order chi connectivity index (χ0) is 30.4. The number of aromatic nitrogens is 3. The number of nitrogens with zero attached hydrogens (tertiary/aromatic N) is 6. The van der Waals surface area contributed by atoms with E-state index in [1.54, 1.807) is 17.0 Å². The summed E-state index contributed by atoms with van der Waals surface area (Å²) < 4.78 is 36.7. The number of pyridine rings is 1. The molecule has 0 radical (unpaired) electrons. The lowest BCUT2D eigenvalue weighted by Crippen LogP contribution is -2.48. The number of ketones is 1. The molecule has 0 aromatic carbocycles. The van der Waals surface area contributed by atoms with E-state index in [1.165, 1.54) is 23.5 Å². The van der Waals surface area contributed by atoms with Crippen molar-refractivity contribution in [3.63, 3.8) is 0 Å². The molecule has 15 heteroatoms. The first-order chi connectivity index (χ1) is 19.7. The van der Waals surface area contributed by atoms with Crippen LogP contribution in [-0.4, -0.2) is 94.5 Å². The Morgan fingerprint density at radius 2 is 1.81 bits per heavy atom. The molecule has 2 aliphatic carbocycles. The third-order valence-corrected chi connectivity index (χ3v) is 10.2. The fourth-order valence-corrected chi connectivity index (χ4v) is 7.87. The lowest BCUT2D eigenvalue weighted by molar-refractivity contribution is -0.128. The molecular weight excluding hydrogens is 588 g/mol. The number of hydrogen-bond donors (Lipinski definition) is 1. The van der Waals surface area contributed by atoms with E-state index >= 15 is 0 Å². The highest BCUT2D eigenvalue weighted by atomic mass is 35.5. The number of halogens is 1. The molecule has 2 saturated carbocycles. The summed E-state index contributed by atoms with van der Waals surface area (Å²) >= 11 is 5.89. The molecule has 2 aromatic heterocycles. The minimum absolute atomic E-state index is 0.0152. The van der Waals surface area contributed by atoms with Crippen molar-refractivity contribution in [3.05, 3.63) is 47.1 Å². The van der Waals surface area contributed by atoms with Crippen LogP contribution in [-0.2, 0) is 19.6 Å². The normalized spacial score (nSPS) is 26.6. The Kier molecular flexibility index (Phi) is 8.02. The van der Waals surface area contributed by atoms with E-state index < -0.39 is 39.5 Å². The Bertz CT molecular complexity index is 1500. The number of carbonyl (C=O) groups is 3. The number of Topliss-reactive ketones (excluding diaryl/α,β-unsaturated/α-hetero) is 1. The van der Waals surface area contributed by atoms with Gasteiger partial charge in [0.25, 0.3) is 16.0 Å². The van der Waals surface area contributed by atoms with Crippen LogP contribution in [0.4, 0.5) is 10.6 Å². The molecule has 1 saturated heterocycles. The van der Waals surface area contributed by atoms with Gasteiger partial charge in [0.05, 0.1) is 16.2 Å². The van der Waals surface area contributed by atoms with Gasteiger partial charge in [-0.3, -0.25) is 19.1 Å². The standard InChI is InChI=1S/C17H17ClN6O3.C10H16O4S/c1-22-6-8-23(9-7-22)17(26)27-16-14-13(19-4-5-20-14)15(25)24(16)12-3-2-11(18)10-21-12;1-9(2)7-3-4-10(9,8(11)5-7)6-15(12,13)14/h2-5,10,16H,6-9H2,1H3;7H,3-6H2,1-2H3,(H,12,13,14). The van der Waals surface area contributed by atoms with Crippen LogP contribution in [0.3, 0.4) is 0 Å². The Balaban J connectivity index is 0.000000199. The van der Waals surface area contributed by atoms with E-state index in [0.717, 1.165) is 19.5 Å². The molecule has 2 bridgehead atoms. The number of likely N-dealkylation sites (N-methyl/N-ethyl adjacent to an activating group) is 1. The van der Waals surface area contributed by atoms with Gasteiger partial charge in [0, 0.05) is 51.2 Å². The topological polar surface area (TPSA) is 163 Å². The van der Waals surface area contributed by atoms with Crippen molar-refractivity contribution >= 4 is 45.3 Å². The summed E-state index contributed by atoms with van der Waals surface area (Å²) in [7, 11) is -2.08. The van der Waals surface area contributed by atoms with E-state index in [0.29, 0.717) is 42.5 Å². The number of hydrogen-bond acceptors (Lipinski definition) is 10. The van der Waals surface area contributed by atoms with Crippen LogP contribution in [0, 0.1) is 16.7 Å². The Labute approximate surface area is 249 Å². The van der Waals surface area contributed by atoms with Crippen molar-refractivity contribution in [2.45, 2.75) is 39.3 Å². The summed E-state index contributed by atoms with van der Waals surface area (Å²) in [5.41, 5.74) is -0.683. The highest BCUT2D eigenvalue weighted by Crippen LogP contribution is 2.64. The summed E-state index contributed by atoms with van der Waals surface area (Å²) in [4.78, 5) is 54.9. The van der Waals surface area contributed by atoms with Crippen molar-refractivity contribution in [1.82, 2.24) is 24.8 Å². The third kappa shape index (κ3) is 5.48. The second-order valence-corrected chi connectivity index (χ2v) is 13.6. The number of rotatable bonds is 4. The average Bonchev–Trinajstić information content (AvgIpc) is 3.41. The second-order valence-electron chi connectivity index (χ2n) is 11.7. The van der Waals surface area contributed by atoms with Crippen LogP contribution in [0.15, 0.2) is 30.7 Å². The zero-order valence-electron chi connectivity index (χ0n) is 23.6. The van der Waals surface area contributed by atoms with Crippen LogP contribution >= 0.6 is 11.6 Å². The maximum atomic E-state index is 12.8. The fraction of sp³-hybridized carbons (Fsp3) is 0.556. The van der Waals surface area contributed by atoms with Crippen molar-refractivity contribution in [1.29, 1.82) is 0 Å². The quantitative estimate of drug-likeness (QED) is 0.500. The minimum atomic E-state index is -4.08. The smallest absolute Gasteiger partial charge is 0.412 e. The maximum Gasteiger partial charge on any atom is 0.412 e. The zero-order valence-corrected chi connectivity index (χ0v) is 25.1. The molecule has 2 amide bonds. The maximum absolute atomic E-state index is 12.8. The van der Waals surface area contributed by atoms with E-state index in [1.807, 2.05) is 20.9 Å². The molecule has 6 rings (SSSR count). The van der Waals surface area contributed by atoms with Crippen LogP contribution in [0.5, 0.6) is 0 Å². The molecule has 226 valence electrons. The fourth-order valence-electron chi connectivity index (χ4n) is 6.46. The molecular formula is C27H33ClN6O7S. The first-order valence-corrected chi connectivity index (χ1v) is 15.6. The average molecular weight is 621 g/mol. The SMILES string of the molecule is CC1(C)C2CCC1(CS(=O)(=O)O)C(=O)C2.CN1CCN(C(=O)OC2c3nccnc3C(=O)N2c2ccc(Cl)cn2)CC1. The first kappa shape index (κ1) is 30.3. The Morgan fingerprint density at radius 3 is 2.38 bits per heavy atom. The van der Waals surface area contributed by atoms with Crippen molar-refractivity contribution in [2.75, 3.05) is 43.9 Å². The number of anilines is 1. The summed E-state index contributed by atoms with van der Waals surface area (Å²) in [5, 5.41) is 0.435. The summed E-state index contributed by atoms with van der Waals surface area (Å²) in [5.74, 6) is -0.222. The number of carbonyl (C=O) groups excluding carboxylic acids is 3. The van der Waals surface area contributed by atoms with E-state index in [-0.39, 0.29) is 22.8 Å².